The van der Waals surface area contributed by atoms with Crippen LogP contribution in [-0.4, -0.2) is 4.98 Å². The molecule has 0 amide bonds. The lowest BCUT2D eigenvalue weighted by molar-refractivity contribution is 1.14. The molecule has 2 aromatic rings. The molecule has 1 aliphatic heterocycles. The number of hydrogen-bond donors (Lipinski definition) is 2. The van der Waals surface area contributed by atoms with E-state index in [1.807, 2.05) is 24.3 Å². The third-order valence-electron chi connectivity index (χ3n) is 2.60. The molecule has 0 spiro atoms. The summed E-state index contributed by atoms with van der Waals surface area (Å²) in [5.41, 5.74) is 3.15. The van der Waals surface area contributed by atoms with Gasteiger partial charge in [-0.25, -0.2) is 4.98 Å². The molecule has 0 fully saturated rings. The molecular weight excluding hydrogens is 222 g/mol. The van der Waals surface area contributed by atoms with Crippen LogP contribution >= 0.6 is 11.6 Å². The van der Waals surface area contributed by atoms with E-state index in [1.165, 1.54) is 0 Å². The van der Waals surface area contributed by atoms with Crippen LogP contribution in [0.15, 0.2) is 36.5 Å². The van der Waals surface area contributed by atoms with Gasteiger partial charge in [-0.15, -0.1) is 0 Å². The zero-order chi connectivity index (χ0) is 11.0. The second kappa shape index (κ2) is 3.68. The summed E-state index contributed by atoms with van der Waals surface area (Å²) in [7, 11) is 0. The molecule has 16 heavy (non-hydrogen) atoms. The third kappa shape index (κ3) is 1.59. The number of aromatic nitrogens is 1. The van der Waals surface area contributed by atoms with Crippen LogP contribution in [0, 0.1) is 0 Å². The van der Waals surface area contributed by atoms with Crippen LogP contribution in [0.2, 0.25) is 5.02 Å². The SMILES string of the molecule is Clc1ccc2c(c1)NCc1cccnc1N2. The van der Waals surface area contributed by atoms with Crippen LogP contribution in [-0.2, 0) is 6.54 Å². The number of rotatable bonds is 0. The summed E-state index contributed by atoms with van der Waals surface area (Å²) >= 11 is 5.96. The van der Waals surface area contributed by atoms with Gasteiger partial charge in [-0.05, 0) is 24.3 Å². The molecule has 80 valence electrons. The van der Waals surface area contributed by atoms with Gasteiger partial charge in [-0.2, -0.15) is 0 Å². The van der Waals surface area contributed by atoms with Crippen molar-refractivity contribution in [3.05, 3.63) is 47.1 Å². The van der Waals surface area contributed by atoms with Gasteiger partial charge < -0.3 is 10.6 Å². The average Bonchev–Trinajstić information content (AvgIpc) is 2.48. The first-order valence-corrected chi connectivity index (χ1v) is 5.45. The normalized spacial score (nSPS) is 12.8. The fraction of sp³-hybridized carbons (Fsp3) is 0.0833. The van der Waals surface area contributed by atoms with Gasteiger partial charge in [-0.3, -0.25) is 0 Å². The van der Waals surface area contributed by atoms with Crippen molar-refractivity contribution in [2.75, 3.05) is 10.6 Å². The number of anilines is 3. The third-order valence-corrected chi connectivity index (χ3v) is 2.83. The Hall–Kier alpha value is -1.74. The lowest BCUT2D eigenvalue weighted by atomic mass is 10.2. The van der Waals surface area contributed by atoms with E-state index in [0.29, 0.717) is 0 Å². The summed E-state index contributed by atoms with van der Waals surface area (Å²) in [4.78, 5) is 4.32. The van der Waals surface area contributed by atoms with Crippen LogP contribution in [0.1, 0.15) is 5.56 Å². The molecule has 0 unspecified atom stereocenters. The standard InChI is InChI=1S/C12H10ClN3/c13-9-3-4-10-11(6-9)15-7-8-2-1-5-14-12(8)16-10/h1-6,15H,7H2,(H,14,16). The van der Waals surface area contributed by atoms with Crippen LogP contribution in [0.5, 0.6) is 0 Å². The molecule has 0 saturated heterocycles. The van der Waals surface area contributed by atoms with Crippen LogP contribution in [0.3, 0.4) is 0 Å². The second-order valence-electron chi connectivity index (χ2n) is 3.68. The maximum absolute atomic E-state index is 5.96. The molecular formula is C12H10ClN3. The second-order valence-corrected chi connectivity index (χ2v) is 4.12. The fourth-order valence-corrected chi connectivity index (χ4v) is 1.96. The largest absolute Gasteiger partial charge is 0.379 e. The van der Waals surface area contributed by atoms with Crippen LogP contribution in [0.25, 0.3) is 0 Å². The summed E-state index contributed by atoms with van der Waals surface area (Å²) in [6.07, 6.45) is 1.78. The highest BCUT2D eigenvalue weighted by molar-refractivity contribution is 6.31. The molecule has 2 N–H and O–H groups in total. The summed E-state index contributed by atoms with van der Waals surface area (Å²) in [5, 5.41) is 7.36. The summed E-state index contributed by atoms with van der Waals surface area (Å²) in [5.74, 6) is 0.899. The summed E-state index contributed by atoms with van der Waals surface area (Å²) in [6, 6.07) is 9.72. The first-order valence-electron chi connectivity index (χ1n) is 5.07. The Balaban J connectivity index is 2.08. The maximum Gasteiger partial charge on any atom is 0.135 e. The molecule has 2 heterocycles. The van der Waals surface area contributed by atoms with Gasteiger partial charge in [-0.1, -0.05) is 17.7 Å². The molecule has 0 atom stereocenters. The first kappa shape index (κ1) is 9.48. The lowest BCUT2D eigenvalue weighted by Gasteiger charge is -2.08. The topological polar surface area (TPSA) is 37.0 Å². The highest BCUT2D eigenvalue weighted by atomic mass is 35.5. The van der Waals surface area contributed by atoms with Crippen molar-refractivity contribution in [3.8, 4) is 0 Å². The molecule has 0 saturated carbocycles. The van der Waals surface area contributed by atoms with E-state index >= 15 is 0 Å². The predicted molar refractivity (Wildman–Crippen MR) is 66.3 cm³/mol. The molecule has 4 heteroatoms. The minimum absolute atomic E-state index is 0.729. The van der Waals surface area contributed by atoms with E-state index in [4.69, 9.17) is 11.6 Å². The van der Waals surface area contributed by atoms with Crippen molar-refractivity contribution in [3.63, 3.8) is 0 Å². The smallest absolute Gasteiger partial charge is 0.135 e. The van der Waals surface area contributed by atoms with E-state index in [1.54, 1.807) is 6.20 Å². The molecule has 0 radical (unpaired) electrons. The first-order chi connectivity index (χ1) is 7.83. The Bertz CT molecular complexity index is 540. The molecule has 3 rings (SSSR count). The predicted octanol–water partition coefficient (Wildman–Crippen LogP) is 3.40. The van der Waals surface area contributed by atoms with Crippen molar-refractivity contribution in [2.24, 2.45) is 0 Å². The van der Waals surface area contributed by atoms with E-state index in [2.05, 4.69) is 21.7 Å². The van der Waals surface area contributed by atoms with Crippen molar-refractivity contribution in [1.82, 2.24) is 4.98 Å². The minimum atomic E-state index is 0.729. The van der Waals surface area contributed by atoms with Crippen molar-refractivity contribution >= 4 is 28.8 Å². The number of nitrogens with one attached hydrogen (secondary N) is 2. The number of pyridine rings is 1. The zero-order valence-corrected chi connectivity index (χ0v) is 9.25. The number of benzene rings is 1. The Labute approximate surface area is 98.5 Å². The van der Waals surface area contributed by atoms with Gasteiger partial charge in [0.05, 0.1) is 11.4 Å². The van der Waals surface area contributed by atoms with Crippen molar-refractivity contribution < 1.29 is 0 Å². The van der Waals surface area contributed by atoms with E-state index in [-0.39, 0.29) is 0 Å². The Morgan fingerprint density at radius 1 is 1.19 bits per heavy atom. The van der Waals surface area contributed by atoms with Crippen LogP contribution in [0.4, 0.5) is 17.2 Å². The fourth-order valence-electron chi connectivity index (χ4n) is 1.78. The average molecular weight is 232 g/mol. The quantitative estimate of drug-likeness (QED) is 0.730. The van der Waals surface area contributed by atoms with Crippen molar-refractivity contribution in [1.29, 1.82) is 0 Å². The Morgan fingerprint density at radius 2 is 2.12 bits per heavy atom. The zero-order valence-electron chi connectivity index (χ0n) is 8.50. The Morgan fingerprint density at radius 3 is 3.06 bits per heavy atom. The maximum atomic E-state index is 5.96. The van der Waals surface area contributed by atoms with Gasteiger partial charge in [0.25, 0.3) is 0 Å². The van der Waals surface area contributed by atoms with Gasteiger partial charge in [0.1, 0.15) is 5.82 Å². The highest BCUT2D eigenvalue weighted by Crippen LogP contribution is 2.32. The number of halogens is 1. The van der Waals surface area contributed by atoms with E-state index < -0.39 is 0 Å². The minimum Gasteiger partial charge on any atom is -0.379 e. The van der Waals surface area contributed by atoms with E-state index in [9.17, 15) is 0 Å². The van der Waals surface area contributed by atoms with Crippen LogP contribution < -0.4 is 10.6 Å². The monoisotopic (exact) mass is 231 g/mol. The molecule has 0 bridgehead atoms. The van der Waals surface area contributed by atoms with Gasteiger partial charge in [0.15, 0.2) is 0 Å². The number of fused-ring (bicyclic) bond motifs is 2. The molecule has 1 aromatic carbocycles. The number of nitrogens with zero attached hydrogens (tertiary/aromatic N) is 1. The Kier molecular flexibility index (Phi) is 2.18. The van der Waals surface area contributed by atoms with E-state index in [0.717, 1.165) is 34.3 Å². The van der Waals surface area contributed by atoms with Gasteiger partial charge in [0, 0.05) is 23.3 Å². The van der Waals surface area contributed by atoms with Gasteiger partial charge in [0.2, 0.25) is 0 Å². The van der Waals surface area contributed by atoms with Gasteiger partial charge >= 0.3 is 0 Å². The molecule has 1 aromatic heterocycles. The summed E-state index contributed by atoms with van der Waals surface area (Å²) in [6.45, 7) is 0.753. The van der Waals surface area contributed by atoms with Crippen molar-refractivity contribution in [2.45, 2.75) is 6.54 Å². The lowest BCUT2D eigenvalue weighted by Crippen LogP contribution is -1.97. The molecule has 3 nitrogen and oxygen atoms in total. The number of hydrogen-bond acceptors (Lipinski definition) is 3. The highest BCUT2D eigenvalue weighted by Gasteiger charge is 2.12. The molecule has 0 aliphatic carbocycles. The molecule has 1 aliphatic rings. The summed E-state index contributed by atoms with van der Waals surface area (Å²) < 4.78 is 0.